The fourth-order valence-electron chi connectivity index (χ4n) is 2.30. The molecule has 2 nitrogen and oxygen atoms in total. The predicted octanol–water partition coefficient (Wildman–Crippen LogP) is 5.08. The second kappa shape index (κ2) is 7.48. The number of rotatable bonds is 5. The molecule has 0 aromatic heterocycles. The van der Waals surface area contributed by atoms with E-state index in [1.165, 1.54) is 7.11 Å². The summed E-state index contributed by atoms with van der Waals surface area (Å²) >= 11 is 12.1. The molecule has 0 amide bonds. The van der Waals surface area contributed by atoms with Gasteiger partial charge in [0.2, 0.25) is 0 Å². The van der Waals surface area contributed by atoms with Crippen molar-refractivity contribution < 1.29 is 9.53 Å². The molecule has 2 aromatic carbocycles. The molecule has 0 bridgehead atoms. The van der Waals surface area contributed by atoms with E-state index in [9.17, 15) is 4.79 Å². The van der Waals surface area contributed by atoms with Crippen LogP contribution < -0.4 is 0 Å². The topological polar surface area (TPSA) is 26.3 Å². The predicted molar refractivity (Wildman–Crippen MR) is 86.0 cm³/mol. The van der Waals surface area contributed by atoms with E-state index in [1.807, 2.05) is 42.5 Å². The minimum absolute atomic E-state index is 0.0834. The van der Waals surface area contributed by atoms with Crippen molar-refractivity contribution in [2.24, 2.45) is 0 Å². The second-order valence-electron chi connectivity index (χ2n) is 4.75. The minimum atomic E-state index is -0.212. The van der Waals surface area contributed by atoms with Crippen LogP contribution in [0.15, 0.2) is 48.5 Å². The normalized spacial score (nSPS) is 12.0. The standard InChI is InChI=1S/C17H16Cl2O2/c1-21-17(20)10-8-14(12-5-3-2-4-6-12)13-7-9-15(18)16(19)11-13/h2-7,9,11,14H,8,10H2,1H3/t14-/m0/s1. The third kappa shape index (κ3) is 4.23. The Morgan fingerprint density at radius 2 is 1.76 bits per heavy atom. The quantitative estimate of drug-likeness (QED) is 0.717. The van der Waals surface area contributed by atoms with Gasteiger partial charge in [0.15, 0.2) is 0 Å². The number of hydrogen-bond acceptors (Lipinski definition) is 2. The number of esters is 1. The highest BCUT2D eigenvalue weighted by Gasteiger charge is 2.17. The van der Waals surface area contributed by atoms with Crippen molar-refractivity contribution in [3.8, 4) is 0 Å². The van der Waals surface area contributed by atoms with E-state index in [2.05, 4.69) is 0 Å². The Morgan fingerprint density at radius 1 is 1.05 bits per heavy atom. The van der Waals surface area contributed by atoms with E-state index < -0.39 is 0 Å². The summed E-state index contributed by atoms with van der Waals surface area (Å²) in [6.07, 6.45) is 1.02. The van der Waals surface area contributed by atoms with Gasteiger partial charge in [0.25, 0.3) is 0 Å². The van der Waals surface area contributed by atoms with E-state index in [0.717, 1.165) is 11.1 Å². The monoisotopic (exact) mass is 322 g/mol. The molecule has 21 heavy (non-hydrogen) atoms. The van der Waals surface area contributed by atoms with Gasteiger partial charge in [-0.1, -0.05) is 59.6 Å². The number of carbonyl (C=O) groups is 1. The molecule has 0 fully saturated rings. The van der Waals surface area contributed by atoms with Crippen LogP contribution in [0.4, 0.5) is 0 Å². The first-order valence-electron chi connectivity index (χ1n) is 6.68. The Morgan fingerprint density at radius 3 is 2.38 bits per heavy atom. The molecule has 0 saturated heterocycles. The maximum absolute atomic E-state index is 11.4. The molecule has 0 aliphatic heterocycles. The summed E-state index contributed by atoms with van der Waals surface area (Å²) < 4.78 is 4.73. The summed E-state index contributed by atoms with van der Waals surface area (Å²) in [5, 5.41) is 1.05. The summed E-state index contributed by atoms with van der Waals surface area (Å²) in [5.41, 5.74) is 2.18. The first kappa shape index (κ1) is 15.9. The van der Waals surface area contributed by atoms with E-state index >= 15 is 0 Å². The van der Waals surface area contributed by atoms with Crippen molar-refractivity contribution in [1.29, 1.82) is 0 Å². The smallest absolute Gasteiger partial charge is 0.305 e. The lowest BCUT2D eigenvalue weighted by Gasteiger charge is -2.18. The third-order valence-corrected chi connectivity index (χ3v) is 4.15. The molecule has 2 rings (SSSR count). The van der Waals surface area contributed by atoms with Crippen LogP contribution in [-0.2, 0) is 9.53 Å². The van der Waals surface area contributed by atoms with Crippen LogP contribution in [-0.4, -0.2) is 13.1 Å². The molecule has 0 unspecified atom stereocenters. The Labute approximate surface area is 134 Å². The number of ether oxygens (including phenoxy) is 1. The molecule has 4 heteroatoms. The zero-order valence-electron chi connectivity index (χ0n) is 11.7. The zero-order chi connectivity index (χ0) is 15.2. The molecule has 0 aliphatic carbocycles. The SMILES string of the molecule is COC(=O)CC[C@@H](c1ccccc1)c1ccc(Cl)c(Cl)c1. The van der Waals surface area contributed by atoms with Crippen LogP contribution in [0.2, 0.25) is 10.0 Å². The lowest BCUT2D eigenvalue weighted by atomic mass is 9.87. The number of halogens is 2. The Balaban J connectivity index is 2.31. The molecule has 0 aliphatic rings. The van der Waals surface area contributed by atoms with E-state index in [4.69, 9.17) is 27.9 Å². The zero-order valence-corrected chi connectivity index (χ0v) is 13.2. The molecule has 0 radical (unpaired) electrons. The van der Waals surface area contributed by atoms with Gasteiger partial charge >= 0.3 is 5.97 Å². The highest BCUT2D eigenvalue weighted by molar-refractivity contribution is 6.42. The average Bonchev–Trinajstić information content (AvgIpc) is 2.51. The van der Waals surface area contributed by atoms with Gasteiger partial charge in [-0.25, -0.2) is 0 Å². The highest BCUT2D eigenvalue weighted by atomic mass is 35.5. The van der Waals surface area contributed by atoms with Gasteiger partial charge in [-0.3, -0.25) is 4.79 Å². The van der Waals surface area contributed by atoms with Crippen LogP contribution in [0.25, 0.3) is 0 Å². The van der Waals surface area contributed by atoms with Crippen molar-refractivity contribution in [2.75, 3.05) is 7.11 Å². The summed E-state index contributed by atoms with van der Waals surface area (Å²) in [4.78, 5) is 11.4. The largest absolute Gasteiger partial charge is 0.469 e. The highest BCUT2D eigenvalue weighted by Crippen LogP contribution is 2.33. The summed E-state index contributed by atoms with van der Waals surface area (Å²) in [7, 11) is 1.40. The molecule has 1 atom stereocenters. The lowest BCUT2D eigenvalue weighted by Crippen LogP contribution is -2.07. The van der Waals surface area contributed by atoms with E-state index in [1.54, 1.807) is 6.07 Å². The van der Waals surface area contributed by atoms with Gasteiger partial charge in [-0.05, 0) is 29.7 Å². The Kier molecular flexibility index (Phi) is 5.66. The van der Waals surface area contributed by atoms with Crippen molar-refractivity contribution >= 4 is 29.2 Å². The first-order valence-corrected chi connectivity index (χ1v) is 7.44. The fourth-order valence-corrected chi connectivity index (χ4v) is 2.61. The minimum Gasteiger partial charge on any atom is -0.469 e. The number of hydrogen-bond donors (Lipinski definition) is 0. The maximum atomic E-state index is 11.4. The molecular formula is C17H16Cl2O2. The van der Waals surface area contributed by atoms with Crippen LogP contribution in [0.1, 0.15) is 29.9 Å². The molecule has 110 valence electrons. The summed E-state index contributed by atoms with van der Waals surface area (Å²) in [5.74, 6) is -0.129. The molecule has 0 N–H and O–H groups in total. The number of methoxy groups -OCH3 is 1. The average molecular weight is 323 g/mol. The molecule has 0 heterocycles. The van der Waals surface area contributed by atoms with E-state index in [-0.39, 0.29) is 11.9 Å². The van der Waals surface area contributed by atoms with Crippen LogP contribution in [0, 0.1) is 0 Å². The summed E-state index contributed by atoms with van der Waals surface area (Å²) in [6.45, 7) is 0. The molecular weight excluding hydrogens is 307 g/mol. The van der Waals surface area contributed by atoms with Crippen molar-refractivity contribution in [3.63, 3.8) is 0 Å². The van der Waals surface area contributed by atoms with Gasteiger partial charge in [-0.2, -0.15) is 0 Å². The van der Waals surface area contributed by atoms with Gasteiger partial charge in [0.1, 0.15) is 0 Å². The van der Waals surface area contributed by atoms with Crippen LogP contribution >= 0.6 is 23.2 Å². The van der Waals surface area contributed by atoms with Crippen LogP contribution in [0.3, 0.4) is 0 Å². The van der Waals surface area contributed by atoms with Gasteiger partial charge < -0.3 is 4.74 Å². The molecule has 2 aromatic rings. The summed E-state index contributed by atoms with van der Waals surface area (Å²) in [6, 6.07) is 15.6. The second-order valence-corrected chi connectivity index (χ2v) is 5.57. The fraction of sp³-hybridized carbons (Fsp3) is 0.235. The van der Waals surface area contributed by atoms with Crippen molar-refractivity contribution in [1.82, 2.24) is 0 Å². The molecule has 0 saturated carbocycles. The lowest BCUT2D eigenvalue weighted by molar-refractivity contribution is -0.140. The first-order chi connectivity index (χ1) is 10.1. The van der Waals surface area contributed by atoms with Gasteiger partial charge in [-0.15, -0.1) is 0 Å². The third-order valence-electron chi connectivity index (χ3n) is 3.41. The molecule has 0 spiro atoms. The van der Waals surface area contributed by atoms with Crippen molar-refractivity contribution in [3.05, 3.63) is 69.7 Å². The maximum Gasteiger partial charge on any atom is 0.305 e. The van der Waals surface area contributed by atoms with Crippen LogP contribution in [0.5, 0.6) is 0 Å². The number of benzene rings is 2. The van der Waals surface area contributed by atoms with Gasteiger partial charge in [0, 0.05) is 12.3 Å². The number of carbonyl (C=O) groups excluding carboxylic acids is 1. The van der Waals surface area contributed by atoms with E-state index in [0.29, 0.717) is 22.9 Å². The Bertz CT molecular complexity index is 611. The Hall–Kier alpha value is -1.51. The van der Waals surface area contributed by atoms with Crippen molar-refractivity contribution in [2.45, 2.75) is 18.8 Å². The van der Waals surface area contributed by atoms with Gasteiger partial charge in [0.05, 0.1) is 17.2 Å².